The zero-order chi connectivity index (χ0) is 14.3. The maximum Gasteiger partial charge on any atom is 0.251 e. The average Bonchev–Trinajstić information content (AvgIpc) is 2.84. The number of nitrogens with one attached hydrogen (secondary N) is 1. The summed E-state index contributed by atoms with van der Waals surface area (Å²) < 4.78 is 1.10. The molecule has 3 rings (SSSR count). The molecular formula is C14H15N3O2S. The van der Waals surface area contributed by atoms with Crippen molar-refractivity contribution in [1.82, 2.24) is 9.88 Å². The van der Waals surface area contributed by atoms with Gasteiger partial charge in [0.2, 0.25) is 5.91 Å². The lowest BCUT2D eigenvalue weighted by atomic mass is 10.1. The van der Waals surface area contributed by atoms with Crippen LogP contribution in [0.1, 0.15) is 18.4 Å². The van der Waals surface area contributed by atoms with Crippen molar-refractivity contribution in [3.63, 3.8) is 0 Å². The summed E-state index contributed by atoms with van der Waals surface area (Å²) in [7, 11) is 1.53. The van der Waals surface area contributed by atoms with Crippen molar-refractivity contribution in [1.29, 1.82) is 0 Å². The van der Waals surface area contributed by atoms with E-state index in [1.165, 1.54) is 23.3 Å². The topological polar surface area (TPSA) is 62.3 Å². The summed E-state index contributed by atoms with van der Waals surface area (Å²) in [5.74, 6) is -0.301. The van der Waals surface area contributed by atoms with E-state index in [-0.39, 0.29) is 17.9 Å². The lowest BCUT2D eigenvalue weighted by Gasteiger charge is -2.27. The zero-order valence-corrected chi connectivity index (χ0v) is 12.2. The number of carbonyl (C=O) groups excluding carboxylic acids is 2. The van der Waals surface area contributed by atoms with Crippen LogP contribution in [-0.2, 0) is 9.59 Å². The van der Waals surface area contributed by atoms with Gasteiger partial charge in [0.05, 0.1) is 10.2 Å². The molecule has 1 fully saturated rings. The second kappa shape index (κ2) is 4.86. The number of thiazole rings is 1. The number of nitrogens with zero attached hydrogens (tertiary/aromatic N) is 2. The third-order valence-corrected chi connectivity index (χ3v) is 4.52. The van der Waals surface area contributed by atoms with Gasteiger partial charge in [-0.25, -0.2) is 4.98 Å². The van der Waals surface area contributed by atoms with E-state index in [0.717, 1.165) is 20.9 Å². The fourth-order valence-corrected chi connectivity index (χ4v) is 3.34. The Morgan fingerprint density at radius 3 is 2.95 bits per heavy atom. The van der Waals surface area contributed by atoms with Crippen LogP contribution in [0.15, 0.2) is 18.2 Å². The minimum absolute atomic E-state index is 0.117. The van der Waals surface area contributed by atoms with Crippen molar-refractivity contribution in [2.45, 2.75) is 25.8 Å². The molecular weight excluding hydrogens is 274 g/mol. The van der Waals surface area contributed by atoms with Gasteiger partial charge in [-0.15, -0.1) is 0 Å². The molecule has 1 aliphatic heterocycles. The molecule has 20 heavy (non-hydrogen) atoms. The predicted molar refractivity (Wildman–Crippen MR) is 78.8 cm³/mol. The molecule has 0 spiro atoms. The van der Waals surface area contributed by atoms with E-state index in [4.69, 9.17) is 0 Å². The van der Waals surface area contributed by atoms with Gasteiger partial charge in [-0.05, 0) is 25.0 Å². The van der Waals surface area contributed by atoms with Gasteiger partial charge in [0.25, 0.3) is 5.91 Å². The van der Waals surface area contributed by atoms with E-state index in [2.05, 4.69) is 10.3 Å². The lowest BCUT2D eigenvalue weighted by molar-refractivity contribution is -0.146. The summed E-state index contributed by atoms with van der Waals surface area (Å²) in [6.07, 6.45) is 0.917. The van der Waals surface area contributed by atoms with E-state index in [1.54, 1.807) is 0 Å². The van der Waals surface area contributed by atoms with Gasteiger partial charge in [0.15, 0.2) is 5.13 Å². The third-order valence-electron chi connectivity index (χ3n) is 3.57. The predicted octanol–water partition coefficient (Wildman–Crippen LogP) is 2.16. The molecule has 2 amide bonds. The highest BCUT2D eigenvalue weighted by Gasteiger charge is 2.32. The number of benzene rings is 1. The highest BCUT2D eigenvalue weighted by molar-refractivity contribution is 7.22. The van der Waals surface area contributed by atoms with Gasteiger partial charge in [0.1, 0.15) is 6.04 Å². The summed E-state index contributed by atoms with van der Waals surface area (Å²) in [6.45, 7) is 2.02. The highest BCUT2D eigenvalue weighted by atomic mass is 32.1. The number of likely N-dealkylation sites (tertiary alicyclic amines) is 1. The second-order valence-corrected chi connectivity index (χ2v) is 6.00. The van der Waals surface area contributed by atoms with Crippen LogP contribution in [0.4, 0.5) is 5.13 Å². The largest absolute Gasteiger partial charge is 0.350 e. The normalized spacial score (nSPS) is 19.7. The molecule has 0 bridgehead atoms. The third kappa shape index (κ3) is 2.16. The number of hydrogen-bond donors (Lipinski definition) is 1. The van der Waals surface area contributed by atoms with Crippen LogP contribution in [0, 0.1) is 6.92 Å². The summed E-state index contributed by atoms with van der Waals surface area (Å²) >= 11 is 1.53. The number of likely N-dealkylation sites (N-methyl/N-ethyl adjacent to an activating group) is 1. The van der Waals surface area contributed by atoms with Crippen molar-refractivity contribution in [3.05, 3.63) is 23.8 Å². The molecule has 2 aromatic rings. The monoisotopic (exact) mass is 289 g/mol. The van der Waals surface area contributed by atoms with Crippen molar-refractivity contribution in [2.24, 2.45) is 0 Å². The van der Waals surface area contributed by atoms with Crippen molar-refractivity contribution >= 4 is 38.5 Å². The number of piperidine rings is 1. The Morgan fingerprint density at radius 2 is 2.20 bits per heavy atom. The number of imide groups is 1. The standard InChI is InChI=1S/C14H15N3O2S/c1-8-4-3-5-10-12(8)16-14(20-10)15-9-6-7-11(18)17(2)13(9)19/h3-5,9H,6-7H2,1-2H3,(H,15,16). The number of aromatic nitrogens is 1. The Balaban J connectivity index is 1.84. The first kappa shape index (κ1) is 13.1. The first-order chi connectivity index (χ1) is 9.56. The minimum atomic E-state index is -0.362. The van der Waals surface area contributed by atoms with Gasteiger partial charge < -0.3 is 5.32 Å². The molecule has 5 nitrogen and oxygen atoms in total. The fourth-order valence-electron chi connectivity index (χ4n) is 2.35. The molecule has 1 aromatic heterocycles. The van der Waals surface area contributed by atoms with Crippen LogP contribution in [0.25, 0.3) is 10.2 Å². The van der Waals surface area contributed by atoms with E-state index < -0.39 is 0 Å². The van der Waals surface area contributed by atoms with E-state index in [0.29, 0.717) is 12.8 Å². The van der Waals surface area contributed by atoms with E-state index >= 15 is 0 Å². The van der Waals surface area contributed by atoms with Crippen molar-refractivity contribution in [2.75, 3.05) is 12.4 Å². The second-order valence-electron chi connectivity index (χ2n) is 4.97. The van der Waals surface area contributed by atoms with Crippen molar-refractivity contribution in [3.8, 4) is 0 Å². The number of hydrogen-bond acceptors (Lipinski definition) is 5. The van der Waals surface area contributed by atoms with Crippen LogP contribution in [0.2, 0.25) is 0 Å². The van der Waals surface area contributed by atoms with Crippen LogP contribution in [0.5, 0.6) is 0 Å². The number of carbonyl (C=O) groups is 2. The first-order valence-electron chi connectivity index (χ1n) is 6.49. The Morgan fingerprint density at radius 1 is 1.40 bits per heavy atom. The minimum Gasteiger partial charge on any atom is -0.350 e. The van der Waals surface area contributed by atoms with Gasteiger partial charge in [0, 0.05) is 13.5 Å². The molecule has 1 atom stereocenters. The highest BCUT2D eigenvalue weighted by Crippen LogP contribution is 2.29. The summed E-state index contributed by atoms with van der Waals surface area (Å²) in [5, 5.41) is 3.89. The van der Waals surface area contributed by atoms with Crippen LogP contribution < -0.4 is 5.32 Å². The molecule has 1 aromatic carbocycles. The van der Waals surface area contributed by atoms with Crippen LogP contribution >= 0.6 is 11.3 Å². The van der Waals surface area contributed by atoms with E-state index in [9.17, 15) is 9.59 Å². The quantitative estimate of drug-likeness (QED) is 0.861. The van der Waals surface area contributed by atoms with E-state index in [1.807, 2.05) is 25.1 Å². The molecule has 104 valence electrons. The number of anilines is 1. The van der Waals surface area contributed by atoms with Crippen molar-refractivity contribution < 1.29 is 9.59 Å². The summed E-state index contributed by atoms with van der Waals surface area (Å²) in [5.41, 5.74) is 2.08. The maximum atomic E-state index is 12.0. The Kier molecular flexibility index (Phi) is 3.17. The first-order valence-corrected chi connectivity index (χ1v) is 7.31. The number of para-hydroxylation sites is 1. The van der Waals surface area contributed by atoms with Crippen LogP contribution in [0.3, 0.4) is 0 Å². The molecule has 0 saturated carbocycles. The Labute approximate surface area is 120 Å². The number of rotatable bonds is 2. The zero-order valence-electron chi connectivity index (χ0n) is 11.3. The molecule has 2 heterocycles. The number of amides is 2. The van der Waals surface area contributed by atoms with Gasteiger partial charge in [-0.1, -0.05) is 23.5 Å². The van der Waals surface area contributed by atoms with Gasteiger partial charge in [-0.3, -0.25) is 14.5 Å². The van der Waals surface area contributed by atoms with Gasteiger partial charge in [-0.2, -0.15) is 0 Å². The molecule has 6 heteroatoms. The number of fused-ring (bicyclic) bond motifs is 1. The summed E-state index contributed by atoms with van der Waals surface area (Å²) in [4.78, 5) is 29.2. The van der Waals surface area contributed by atoms with Gasteiger partial charge >= 0.3 is 0 Å². The molecule has 1 aliphatic rings. The SMILES string of the molecule is Cc1cccc2sc(NC3CCC(=O)N(C)C3=O)nc12. The lowest BCUT2D eigenvalue weighted by Crippen LogP contribution is -2.48. The summed E-state index contributed by atoms with van der Waals surface area (Å²) in [6, 6.07) is 5.67. The Bertz CT molecular complexity index is 695. The molecule has 1 unspecified atom stereocenters. The van der Waals surface area contributed by atoms with Crippen LogP contribution in [-0.4, -0.2) is 34.8 Å². The fraction of sp³-hybridized carbons (Fsp3) is 0.357. The average molecular weight is 289 g/mol. The number of aryl methyl sites for hydroxylation is 1. The maximum absolute atomic E-state index is 12.0. The molecule has 1 N–H and O–H groups in total. The molecule has 0 aliphatic carbocycles. The smallest absolute Gasteiger partial charge is 0.251 e. The Hall–Kier alpha value is -1.95. The molecule has 1 saturated heterocycles. The molecule has 0 radical (unpaired) electrons.